The van der Waals surface area contributed by atoms with E-state index in [0.717, 1.165) is 6.29 Å². The van der Waals surface area contributed by atoms with Crippen molar-refractivity contribution in [3.63, 3.8) is 0 Å². The van der Waals surface area contributed by atoms with Gasteiger partial charge in [-0.25, -0.2) is 0 Å². The maximum absolute atomic E-state index is 9.92. The van der Waals surface area contributed by atoms with Crippen molar-refractivity contribution >= 4 is 13.0 Å². The van der Waals surface area contributed by atoms with Crippen LogP contribution in [0.25, 0.3) is 0 Å². The van der Waals surface area contributed by atoms with Gasteiger partial charge in [-0.2, -0.15) is 0 Å². The quantitative estimate of drug-likeness (QED) is 0.369. The Morgan fingerprint density at radius 2 is 2.14 bits per heavy atom. The fraction of sp³-hybridized carbons (Fsp3) is 0.600. The van der Waals surface area contributed by atoms with E-state index in [4.69, 9.17) is 0 Å². The average molecular weight is 99.1 g/mol. The molecule has 2 heteroatoms. The summed E-state index contributed by atoms with van der Waals surface area (Å²) in [6, 6.07) is 0. The van der Waals surface area contributed by atoms with Crippen LogP contribution in [0.3, 0.4) is 0 Å². The van der Waals surface area contributed by atoms with Gasteiger partial charge in [0.05, 0.1) is 0 Å². The molecular formula is C5H9NO. The van der Waals surface area contributed by atoms with Crippen molar-refractivity contribution in [2.24, 2.45) is 4.99 Å². The van der Waals surface area contributed by atoms with Crippen molar-refractivity contribution in [1.82, 2.24) is 0 Å². The summed E-state index contributed by atoms with van der Waals surface area (Å²) in [4.78, 5) is 13.4. The predicted molar refractivity (Wildman–Crippen MR) is 29.7 cm³/mol. The summed E-state index contributed by atoms with van der Waals surface area (Å²) in [7, 11) is 0. The molecule has 0 fully saturated rings. The first-order valence-corrected chi connectivity index (χ1v) is 2.06. The third kappa shape index (κ3) is 2.09. The Kier molecular flexibility index (Phi) is 1.69. The first kappa shape index (κ1) is 6.34. The molecule has 0 aromatic heterocycles. The highest BCUT2D eigenvalue weighted by molar-refractivity contribution is 5.64. The smallest absolute Gasteiger partial charge is 0.146 e. The number of carbonyl (C=O) groups is 1. The second-order valence-corrected chi connectivity index (χ2v) is 1.93. The second-order valence-electron chi connectivity index (χ2n) is 1.93. The van der Waals surface area contributed by atoms with Crippen LogP contribution in [0.1, 0.15) is 13.8 Å². The minimum absolute atomic E-state index is 0.583. The molecule has 0 amide bonds. The van der Waals surface area contributed by atoms with E-state index in [9.17, 15) is 4.79 Å². The highest BCUT2D eigenvalue weighted by atomic mass is 16.1. The molecule has 40 valence electrons. The minimum Gasteiger partial charge on any atom is -0.301 e. The molecule has 7 heavy (non-hydrogen) atoms. The maximum Gasteiger partial charge on any atom is 0.146 e. The van der Waals surface area contributed by atoms with Crippen molar-refractivity contribution in [2.75, 3.05) is 0 Å². The zero-order valence-electron chi connectivity index (χ0n) is 4.64. The van der Waals surface area contributed by atoms with Crippen molar-refractivity contribution in [2.45, 2.75) is 19.4 Å². The molecule has 0 heterocycles. The SMILES string of the molecule is C=NC(C)(C)C=O. The van der Waals surface area contributed by atoms with Crippen molar-refractivity contribution < 1.29 is 4.79 Å². The van der Waals surface area contributed by atoms with Crippen LogP contribution in [0.4, 0.5) is 0 Å². The van der Waals surface area contributed by atoms with E-state index in [-0.39, 0.29) is 0 Å². The molecule has 0 unspecified atom stereocenters. The molecular weight excluding hydrogens is 90.1 g/mol. The molecule has 0 spiro atoms. The Balaban J connectivity index is 3.82. The van der Waals surface area contributed by atoms with Crippen LogP contribution in [-0.4, -0.2) is 18.5 Å². The lowest BCUT2D eigenvalue weighted by molar-refractivity contribution is -0.111. The average Bonchev–Trinajstić information content (AvgIpc) is 1.68. The van der Waals surface area contributed by atoms with Gasteiger partial charge in [0, 0.05) is 0 Å². The Labute approximate surface area is 43.3 Å². The maximum atomic E-state index is 9.92. The Bertz CT molecular complexity index is 76.1. The van der Waals surface area contributed by atoms with E-state index in [1.54, 1.807) is 13.8 Å². The molecule has 0 aliphatic rings. The van der Waals surface area contributed by atoms with Crippen molar-refractivity contribution in [1.29, 1.82) is 0 Å². The van der Waals surface area contributed by atoms with Gasteiger partial charge in [0.2, 0.25) is 0 Å². The number of aliphatic imine (C=N–C) groups is 1. The number of carbonyl (C=O) groups excluding carboxylic acids is 1. The number of hydrogen-bond donors (Lipinski definition) is 0. The molecule has 0 aromatic carbocycles. The largest absolute Gasteiger partial charge is 0.301 e. The summed E-state index contributed by atoms with van der Waals surface area (Å²) in [6.07, 6.45) is 0.764. The van der Waals surface area contributed by atoms with Crippen molar-refractivity contribution in [3.8, 4) is 0 Å². The fourth-order valence-corrected chi connectivity index (χ4v) is 0.0373. The second kappa shape index (κ2) is 1.87. The zero-order valence-corrected chi connectivity index (χ0v) is 4.64. The normalized spacial score (nSPS) is 10.6. The van der Waals surface area contributed by atoms with Crippen LogP contribution in [0, 0.1) is 0 Å². The Morgan fingerprint density at radius 3 is 2.14 bits per heavy atom. The number of hydrogen-bond acceptors (Lipinski definition) is 2. The Morgan fingerprint density at radius 1 is 1.71 bits per heavy atom. The van der Waals surface area contributed by atoms with Crippen LogP contribution in [0.5, 0.6) is 0 Å². The lowest BCUT2D eigenvalue weighted by Gasteiger charge is -2.06. The number of rotatable bonds is 2. The summed E-state index contributed by atoms with van der Waals surface area (Å²) in [5.74, 6) is 0. The van der Waals surface area contributed by atoms with E-state index >= 15 is 0 Å². The van der Waals surface area contributed by atoms with Gasteiger partial charge < -0.3 is 4.79 Å². The minimum atomic E-state index is -0.583. The summed E-state index contributed by atoms with van der Waals surface area (Å²) in [5, 5.41) is 0. The van der Waals surface area contributed by atoms with Crippen LogP contribution < -0.4 is 0 Å². The topological polar surface area (TPSA) is 29.4 Å². The van der Waals surface area contributed by atoms with E-state index in [0.29, 0.717) is 0 Å². The van der Waals surface area contributed by atoms with Gasteiger partial charge >= 0.3 is 0 Å². The Hall–Kier alpha value is -0.660. The lowest BCUT2D eigenvalue weighted by Crippen LogP contribution is -2.16. The molecule has 0 atom stereocenters. The van der Waals surface area contributed by atoms with Gasteiger partial charge in [-0.15, -0.1) is 0 Å². The van der Waals surface area contributed by atoms with Crippen LogP contribution in [0.2, 0.25) is 0 Å². The molecule has 0 saturated heterocycles. The van der Waals surface area contributed by atoms with Crippen LogP contribution in [-0.2, 0) is 4.79 Å². The van der Waals surface area contributed by atoms with E-state index in [1.165, 1.54) is 0 Å². The molecule has 0 saturated carbocycles. The molecule has 0 aliphatic carbocycles. The monoisotopic (exact) mass is 99.1 g/mol. The van der Waals surface area contributed by atoms with Gasteiger partial charge in [0.15, 0.2) is 0 Å². The highest BCUT2D eigenvalue weighted by Crippen LogP contribution is 2.00. The fourth-order valence-electron chi connectivity index (χ4n) is 0.0373. The molecule has 0 N–H and O–H groups in total. The number of aldehydes is 1. The summed E-state index contributed by atoms with van der Waals surface area (Å²) in [6.45, 7) is 6.62. The molecule has 0 aromatic rings. The first-order valence-electron chi connectivity index (χ1n) is 2.06. The molecule has 0 radical (unpaired) electrons. The van der Waals surface area contributed by atoms with Gasteiger partial charge in [0.1, 0.15) is 11.8 Å². The summed E-state index contributed by atoms with van der Waals surface area (Å²) >= 11 is 0. The van der Waals surface area contributed by atoms with Crippen molar-refractivity contribution in [3.05, 3.63) is 0 Å². The zero-order chi connectivity index (χ0) is 5.91. The molecule has 0 bridgehead atoms. The third-order valence-electron chi connectivity index (χ3n) is 0.696. The van der Waals surface area contributed by atoms with Gasteiger partial charge in [0.25, 0.3) is 0 Å². The van der Waals surface area contributed by atoms with Gasteiger partial charge in [-0.05, 0) is 20.6 Å². The predicted octanol–water partition coefficient (Wildman–Crippen LogP) is 0.665. The molecule has 0 rings (SSSR count). The standard InChI is InChI=1S/C5H9NO/c1-5(2,4-7)6-3/h4H,3H2,1-2H3. The molecule has 2 nitrogen and oxygen atoms in total. The van der Waals surface area contributed by atoms with Gasteiger partial charge in [-0.3, -0.25) is 4.99 Å². The lowest BCUT2D eigenvalue weighted by atomic mass is 10.1. The van der Waals surface area contributed by atoms with E-state index in [2.05, 4.69) is 11.7 Å². The third-order valence-corrected chi connectivity index (χ3v) is 0.696. The summed E-state index contributed by atoms with van der Waals surface area (Å²) in [5.41, 5.74) is -0.583. The van der Waals surface area contributed by atoms with Crippen LogP contribution >= 0.6 is 0 Å². The molecule has 0 aliphatic heterocycles. The van der Waals surface area contributed by atoms with E-state index in [1.807, 2.05) is 0 Å². The van der Waals surface area contributed by atoms with E-state index < -0.39 is 5.54 Å². The first-order chi connectivity index (χ1) is 3.12. The summed E-state index contributed by atoms with van der Waals surface area (Å²) < 4.78 is 0. The van der Waals surface area contributed by atoms with Crippen LogP contribution in [0.15, 0.2) is 4.99 Å². The highest BCUT2D eigenvalue weighted by Gasteiger charge is 2.09. The van der Waals surface area contributed by atoms with Gasteiger partial charge in [-0.1, -0.05) is 0 Å². The number of nitrogens with zero attached hydrogens (tertiary/aromatic N) is 1.